The molecule has 4 rings (SSSR count). The third-order valence-corrected chi connectivity index (χ3v) is 5.47. The van der Waals surface area contributed by atoms with E-state index in [9.17, 15) is 4.79 Å². The molecule has 0 atom stereocenters. The molecule has 1 fully saturated rings. The van der Waals surface area contributed by atoms with Crippen molar-refractivity contribution in [1.82, 2.24) is 19.5 Å². The Morgan fingerprint density at radius 1 is 1.19 bits per heavy atom. The van der Waals surface area contributed by atoms with Crippen LogP contribution in [0.5, 0.6) is 5.75 Å². The van der Waals surface area contributed by atoms with Crippen LogP contribution in [0.3, 0.4) is 0 Å². The molecule has 3 aromatic rings. The van der Waals surface area contributed by atoms with Crippen LogP contribution in [0.1, 0.15) is 10.7 Å². The molecule has 0 saturated carbocycles. The molecule has 0 spiro atoms. The van der Waals surface area contributed by atoms with Gasteiger partial charge in [-0.3, -0.25) is 9.69 Å². The molecule has 0 aliphatic carbocycles. The summed E-state index contributed by atoms with van der Waals surface area (Å²) in [5.74, 6) is 0.910. The maximum Gasteiger partial charge on any atom is 0.275 e. The molecule has 26 heavy (non-hydrogen) atoms. The second-order valence-electron chi connectivity index (χ2n) is 6.36. The van der Waals surface area contributed by atoms with Gasteiger partial charge in [0.2, 0.25) is 4.96 Å². The van der Waals surface area contributed by atoms with E-state index >= 15 is 0 Å². The van der Waals surface area contributed by atoms with Crippen LogP contribution in [-0.4, -0.2) is 52.8 Å². The SMILES string of the molecule is COc1ccccc1N1CCN(Cc2nn3c(=O)cc(C)nc3s2)CC1. The van der Waals surface area contributed by atoms with Crippen molar-refractivity contribution in [1.29, 1.82) is 0 Å². The van der Waals surface area contributed by atoms with Crippen LogP contribution in [-0.2, 0) is 6.54 Å². The average Bonchev–Trinajstić information content (AvgIpc) is 3.05. The lowest BCUT2D eigenvalue weighted by molar-refractivity contribution is 0.248. The summed E-state index contributed by atoms with van der Waals surface area (Å²) in [6.45, 7) is 6.32. The molecule has 7 nitrogen and oxygen atoms in total. The number of aromatic nitrogens is 3. The molecule has 0 radical (unpaired) electrons. The van der Waals surface area contributed by atoms with Crippen molar-refractivity contribution in [2.45, 2.75) is 13.5 Å². The van der Waals surface area contributed by atoms with E-state index < -0.39 is 0 Å². The third kappa shape index (κ3) is 3.30. The number of methoxy groups -OCH3 is 1. The minimum absolute atomic E-state index is 0.115. The van der Waals surface area contributed by atoms with Gasteiger partial charge in [-0.25, -0.2) is 4.98 Å². The van der Waals surface area contributed by atoms with Gasteiger partial charge in [0.1, 0.15) is 10.8 Å². The van der Waals surface area contributed by atoms with E-state index in [-0.39, 0.29) is 5.56 Å². The summed E-state index contributed by atoms with van der Waals surface area (Å²) in [5, 5.41) is 5.36. The molecule has 1 aliphatic rings. The molecule has 0 bridgehead atoms. The third-order valence-electron chi connectivity index (χ3n) is 4.57. The van der Waals surface area contributed by atoms with Gasteiger partial charge in [-0.15, -0.1) is 0 Å². The van der Waals surface area contributed by atoms with E-state index in [1.807, 2.05) is 25.1 Å². The first-order valence-electron chi connectivity index (χ1n) is 8.61. The van der Waals surface area contributed by atoms with Crippen molar-refractivity contribution in [2.75, 3.05) is 38.2 Å². The lowest BCUT2D eigenvalue weighted by Crippen LogP contribution is -2.46. The van der Waals surface area contributed by atoms with Crippen molar-refractivity contribution in [3.05, 3.63) is 51.4 Å². The molecule has 2 aromatic heterocycles. The highest BCUT2D eigenvalue weighted by molar-refractivity contribution is 7.16. The normalized spacial score (nSPS) is 15.5. The van der Waals surface area contributed by atoms with Crippen LogP contribution in [0.4, 0.5) is 5.69 Å². The molecule has 0 amide bonds. The minimum Gasteiger partial charge on any atom is -0.495 e. The summed E-state index contributed by atoms with van der Waals surface area (Å²) < 4.78 is 6.87. The van der Waals surface area contributed by atoms with Crippen LogP contribution in [0.25, 0.3) is 4.96 Å². The first kappa shape index (κ1) is 17.0. The zero-order chi connectivity index (χ0) is 18.1. The lowest BCUT2D eigenvalue weighted by atomic mass is 10.2. The molecule has 8 heteroatoms. The fourth-order valence-electron chi connectivity index (χ4n) is 3.25. The van der Waals surface area contributed by atoms with Crippen molar-refractivity contribution < 1.29 is 4.74 Å². The summed E-state index contributed by atoms with van der Waals surface area (Å²) >= 11 is 1.49. The number of nitrogens with zero attached hydrogens (tertiary/aromatic N) is 5. The zero-order valence-corrected chi connectivity index (χ0v) is 15.7. The molecule has 0 N–H and O–H groups in total. The van der Waals surface area contributed by atoms with Gasteiger partial charge in [-0.2, -0.15) is 9.61 Å². The average molecular weight is 371 g/mol. The molecule has 1 saturated heterocycles. The molecule has 3 heterocycles. The van der Waals surface area contributed by atoms with Crippen LogP contribution in [0.2, 0.25) is 0 Å². The number of rotatable bonds is 4. The number of fused-ring (bicyclic) bond motifs is 1. The second-order valence-corrected chi connectivity index (χ2v) is 7.40. The standard InChI is InChI=1S/C18H21N5O2S/c1-13-11-17(24)23-18(19-13)26-16(20-23)12-21-7-9-22(10-8-21)14-5-3-4-6-15(14)25-2/h3-6,11H,7-10,12H2,1-2H3. The van der Waals surface area contributed by atoms with E-state index in [0.717, 1.165) is 54.9 Å². The number of hydrogen-bond acceptors (Lipinski definition) is 7. The number of piperazine rings is 1. The molecule has 1 aliphatic heterocycles. The summed E-state index contributed by atoms with van der Waals surface area (Å²) in [6, 6.07) is 9.64. The van der Waals surface area contributed by atoms with Crippen molar-refractivity contribution >= 4 is 22.0 Å². The minimum atomic E-state index is -0.115. The summed E-state index contributed by atoms with van der Waals surface area (Å²) in [6.07, 6.45) is 0. The summed E-state index contributed by atoms with van der Waals surface area (Å²) in [4.78, 5) is 21.8. The first-order chi connectivity index (χ1) is 12.6. The largest absolute Gasteiger partial charge is 0.495 e. The molecule has 136 valence electrons. The zero-order valence-electron chi connectivity index (χ0n) is 14.9. The Hall–Kier alpha value is -2.45. The van der Waals surface area contributed by atoms with Gasteiger partial charge in [0, 0.05) is 37.9 Å². The van der Waals surface area contributed by atoms with Crippen LogP contribution >= 0.6 is 11.3 Å². The first-order valence-corrected chi connectivity index (χ1v) is 9.42. The van der Waals surface area contributed by atoms with Gasteiger partial charge in [0.15, 0.2) is 0 Å². The van der Waals surface area contributed by atoms with E-state index in [1.165, 1.54) is 21.9 Å². The van der Waals surface area contributed by atoms with Crippen molar-refractivity contribution in [3.63, 3.8) is 0 Å². The van der Waals surface area contributed by atoms with E-state index in [2.05, 4.69) is 25.9 Å². The van der Waals surface area contributed by atoms with E-state index in [4.69, 9.17) is 4.74 Å². The Bertz CT molecular complexity index is 975. The lowest BCUT2D eigenvalue weighted by Gasteiger charge is -2.36. The Morgan fingerprint density at radius 2 is 1.96 bits per heavy atom. The van der Waals surface area contributed by atoms with Crippen molar-refractivity contribution in [3.8, 4) is 5.75 Å². The predicted octanol–water partition coefficient (Wildman–Crippen LogP) is 1.79. The highest BCUT2D eigenvalue weighted by atomic mass is 32.1. The second kappa shape index (κ2) is 7.05. The highest BCUT2D eigenvalue weighted by Crippen LogP contribution is 2.28. The number of ether oxygens (including phenoxy) is 1. The maximum absolute atomic E-state index is 12.0. The van der Waals surface area contributed by atoms with E-state index in [0.29, 0.717) is 4.96 Å². The summed E-state index contributed by atoms with van der Waals surface area (Å²) in [5.41, 5.74) is 1.76. The Kier molecular flexibility index (Phi) is 4.60. The van der Waals surface area contributed by atoms with Gasteiger partial charge >= 0.3 is 0 Å². The van der Waals surface area contributed by atoms with Gasteiger partial charge < -0.3 is 9.64 Å². The molecule has 1 aromatic carbocycles. The predicted molar refractivity (Wildman–Crippen MR) is 102 cm³/mol. The number of para-hydroxylation sites is 2. The molecular formula is C18H21N5O2S. The fourth-order valence-corrected chi connectivity index (χ4v) is 4.24. The molecular weight excluding hydrogens is 350 g/mol. The topological polar surface area (TPSA) is 63.0 Å². The quantitative estimate of drug-likeness (QED) is 0.697. The number of hydrogen-bond donors (Lipinski definition) is 0. The van der Waals surface area contributed by atoms with E-state index in [1.54, 1.807) is 7.11 Å². The van der Waals surface area contributed by atoms with Crippen molar-refractivity contribution in [2.24, 2.45) is 0 Å². The van der Waals surface area contributed by atoms with Crippen LogP contribution in [0.15, 0.2) is 35.1 Å². The fraction of sp³-hybridized carbons (Fsp3) is 0.389. The summed E-state index contributed by atoms with van der Waals surface area (Å²) in [7, 11) is 1.71. The Morgan fingerprint density at radius 3 is 2.73 bits per heavy atom. The molecule has 0 unspecified atom stereocenters. The number of benzene rings is 1. The smallest absolute Gasteiger partial charge is 0.275 e. The highest BCUT2D eigenvalue weighted by Gasteiger charge is 2.21. The monoisotopic (exact) mass is 371 g/mol. The van der Waals surface area contributed by atoms with Crippen LogP contribution < -0.4 is 15.2 Å². The van der Waals surface area contributed by atoms with Gasteiger partial charge in [0.05, 0.1) is 19.3 Å². The van der Waals surface area contributed by atoms with Gasteiger partial charge in [0.25, 0.3) is 5.56 Å². The number of aryl methyl sites for hydroxylation is 1. The maximum atomic E-state index is 12.0. The van der Waals surface area contributed by atoms with Gasteiger partial charge in [-0.05, 0) is 19.1 Å². The van der Waals surface area contributed by atoms with Gasteiger partial charge in [-0.1, -0.05) is 23.5 Å². The van der Waals surface area contributed by atoms with Crippen LogP contribution in [0, 0.1) is 6.92 Å². The Balaban J connectivity index is 1.44. The Labute approximate surface area is 155 Å². The number of anilines is 1.